The molecule has 1 fully saturated rings. The molecule has 0 bridgehead atoms. The number of likely N-dealkylation sites (tertiary alicyclic amines) is 1. The zero-order valence-corrected chi connectivity index (χ0v) is 12.6. The summed E-state index contributed by atoms with van der Waals surface area (Å²) in [6.45, 7) is 1.33. The van der Waals surface area contributed by atoms with E-state index in [0.29, 0.717) is 13.0 Å². The van der Waals surface area contributed by atoms with E-state index in [-0.39, 0.29) is 11.9 Å². The number of primary amides is 1. The number of β-amino-alcohol motifs (C(OH)–C–C–N with tert-alkyl or cyclic N) is 1. The normalized spacial score (nSPS) is 22.2. The number of nitrogens with zero attached hydrogens (tertiary/aromatic N) is 1. The second kappa shape index (κ2) is 6.46. The van der Waals surface area contributed by atoms with Crippen molar-refractivity contribution < 1.29 is 9.90 Å². The maximum atomic E-state index is 11.4. The number of nitrogens with two attached hydrogens (primary N) is 1. The van der Waals surface area contributed by atoms with Gasteiger partial charge < -0.3 is 10.8 Å². The summed E-state index contributed by atoms with van der Waals surface area (Å²) in [5, 5.41) is 12.3. The van der Waals surface area contributed by atoms with Crippen molar-refractivity contribution in [3.63, 3.8) is 0 Å². The molecule has 3 N–H and O–H groups in total. The molecule has 3 rings (SSSR count). The Hall–Kier alpha value is -1.91. The first-order valence-corrected chi connectivity index (χ1v) is 7.83. The molecule has 0 radical (unpaired) electrons. The molecule has 2 aromatic rings. The third-order valence-corrected chi connectivity index (χ3v) is 4.48. The lowest BCUT2D eigenvalue weighted by atomic mass is 10.0. The highest BCUT2D eigenvalue weighted by atomic mass is 16.3. The van der Waals surface area contributed by atoms with Gasteiger partial charge in [-0.3, -0.25) is 9.69 Å². The highest BCUT2D eigenvalue weighted by Crippen LogP contribution is 2.21. The predicted octanol–water partition coefficient (Wildman–Crippen LogP) is 1.69. The fourth-order valence-electron chi connectivity index (χ4n) is 3.41. The van der Waals surface area contributed by atoms with Crippen molar-refractivity contribution in [2.75, 3.05) is 13.1 Å². The maximum Gasteiger partial charge on any atom is 0.234 e. The van der Waals surface area contributed by atoms with Crippen LogP contribution in [0.25, 0.3) is 10.8 Å². The van der Waals surface area contributed by atoms with Gasteiger partial charge in [0.05, 0.1) is 12.1 Å². The van der Waals surface area contributed by atoms with E-state index in [1.807, 2.05) is 4.90 Å². The lowest BCUT2D eigenvalue weighted by Gasteiger charge is -2.21. The molecule has 0 spiro atoms. The zero-order valence-electron chi connectivity index (χ0n) is 12.6. The number of carbonyl (C=O) groups is 1. The fourth-order valence-corrected chi connectivity index (χ4v) is 3.41. The molecule has 0 saturated carbocycles. The molecular weight excluding hydrogens is 276 g/mol. The minimum absolute atomic E-state index is 0.317. The first-order valence-electron chi connectivity index (χ1n) is 7.83. The Balaban J connectivity index is 1.64. The van der Waals surface area contributed by atoms with E-state index in [2.05, 4.69) is 42.5 Å². The van der Waals surface area contributed by atoms with Crippen LogP contribution < -0.4 is 5.73 Å². The van der Waals surface area contributed by atoms with Gasteiger partial charge in [0.2, 0.25) is 5.91 Å². The topological polar surface area (TPSA) is 66.6 Å². The molecular formula is C18H22N2O2. The van der Waals surface area contributed by atoms with Crippen LogP contribution in [0.5, 0.6) is 0 Å². The average Bonchev–Trinajstić information content (AvgIpc) is 2.89. The molecule has 2 atom stereocenters. The van der Waals surface area contributed by atoms with Crippen LogP contribution in [-0.4, -0.2) is 41.1 Å². The Kier molecular flexibility index (Phi) is 4.41. The van der Waals surface area contributed by atoms with Crippen LogP contribution in [0.1, 0.15) is 18.4 Å². The summed E-state index contributed by atoms with van der Waals surface area (Å²) in [5.41, 5.74) is 6.74. The number of aryl methyl sites for hydroxylation is 1. The van der Waals surface area contributed by atoms with Crippen LogP contribution in [0.4, 0.5) is 0 Å². The fraction of sp³-hybridized carbons (Fsp3) is 0.389. The minimum atomic E-state index is -0.435. The first kappa shape index (κ1) is 15.0. The molecule has 1 amide bonds. The van der Waals surface area contributed by atoms with E-state index in [0.717, 1.165) is 19.4 Å². The third-order valence-electron chi connectivity index (χ3n) is 4.48. The van der Waals surface area contributed by atoms with Gasteiger partial charge in [0.15, 0.2) is 0 Å². The summed E-state index contributed by atoms with van der Waals surface area (Å²) in [7, 11) is 0. The van der Waals surface area contributed by atoms with Crippen LogP contribution >= 0.6 is 0 Å². The van der Waals surface area contributed by atoms with E-state index in [1.54, 1.807) is 0 Å². The quantitative estimate of drug-likeness (QED) is 0.883. The number of fused-ring (bicyclic) bond motifs is 1. The maximum absolute atomic E-state index is 11.4. The van der Waals surface area contributed by atoms with E-state index < -0.39 is 6.10 Å². The minimum Gasteiger partial charge on any atom is -0.392 e. The third kappa shape index (κ3) is 3.13. The molecule has 22 heavy (non-hydrogen) atoms. The van der Waals surface area contributed by atoms with E-state index in [1.165, 1.54) is 16.3 Å². The van der Waals surface area contributed by atoms with Gasteiger partial charge in [-0.15, -0.1) is 0 Å². The van der Waals surface area contributed by atoms with Gasteiger partial charge in [-0.25, -0.2) is 0 Å². The summed E-state index contributed by atoms with van der Waals surface area (Å²) in [6.07, 6.45) is 1.93. The Labute approximate surface area is 130 Å². The lowest BCUT2D eigenvalue weighted by molar-refractivity contribution is -0.122. The first-order chi connectivity index (χ1) is 10.6. The van der Waals surface area contributed by atoms with Gasteiger partial charge in [0.1, 0.15) is 0 Å². The second-order valence-electron chi connectivity index (χ2n) is 6.04. The lowest BCUT2D eigenvalue weighted by Crippen LogP contribution is -2.40. The standard InChI is InChI=1S/C18H22N2O2/c19-18(22)17-11-15(21)12-20(17)10-4-8-14-7-3-6-13-5-1-2-9-16(13)14/h1-3,5-7,9,15,17,21H,4,8,10-12H2,(H2,19,22)/t15-,17+/m0/s1. The van der Waals surface area contributed by atoms with Crippen molar-refractivity contribution in [3.8, 4) is 0 Å². The molecule has 0 aromatic heterocycles. The SMILES string of the molecule is NC(=O)[C@H]1C[C@H](O)CN1CCCc1cccc2ccccc12. The molecule has 0 unspecified atom stereocenters. The molecule has 4 heteroatoms. The largest absolute Gasteiger partial charge is 0.392 e. The predicted molar refractivity (Wildman–Crippen MR) is 87.4 cm³/mol. The number of amides is 1. The molecule has 2 aromatic carbocycles. The zero-order chi connectivity index (χ0) is 15.5. The van der Waals surface area contributed by atoms with Gasteiger partial charge in [-0.05, 0) is 42.1 Å². The highest BCUT2D eigenvalue weighted by Gasteiger charge is 2.33. The van der Waals surface area contributed by atoms with Gasteiger partial charge in [0.25, 0.3) is 0 Å². The summed E-state index contributed by atoms with van der Waals surface area (Å²) in [5.74, 6) is -0.332. The summed E-state index contributed by atoms with van der Waals surface area (Å²) < 4.78 is 0. The van der Waals surface area contributed by atoms with Crippen LogP contribution in [0, 0.1) is 0 Å². The molecule has 1 aliphatic rings. The van der Waals surface area contributed by atoms with E-state index in [9.17, 15) is 9.90 Å². The summed E-state index contributed by atoms with van der Waals surface area (Å²) in [4.78, 5) is 13.4. The molecule has 116 valence electrons. The number of carbonyl (C=O) groups excluding carboxylic acids is 1. The molecule has 0 aliphatic carbocycles. The average molecular weight is 298 g/mol. The van der Waals surface area contributed by atoms with Crippen LogP contribution in [0.2, 0.25) is 0 Å². The smallest absolute Gasteiger partial charge is 0.234 e. The molecule has 1 saturated heterocycles. The van der Waals surface area contributed by atoms with Gasteiger partial charge in [-0.2, -0.15) is 0 Å². The van der Waals surface area contributed by atoms with Gasteiger partial charge in [-0.1, -0.05) is 42.5 Å². The molecule has 1 heterocycles. The Morgan fingerprint density at radius 1 is 1.23 bits per heavy atom. The number of aliphatic hydroxyl groups is 1. The monoisotopic (exact) mass is 298 g/mol. The summed E-state index contributed by atoms with van der Waals surface area (Å²) in [6, 6.07) is 14.4. The van der Waals surface area contributed by atoms with E-state index in [4.69, 9.17) is 5.73 Å². The van der Waals surface area contributed by atoms with Crippen molar-refractivity contribution in [3.05, 3.63) is 48.0 Å². The van der Waals surface area contributed by atoms with E-state index >= 15 is 0 Å². The van der Waals surface area contributed by atoms with Gasteiger partial charge >= 0.3 is 0 Å². The Morgan fingerprint density at radius 2 is 2.00 bits per heavy atom. The number of hydrogen-bond acceptors (Lipinski definition) is 3. The number of rotatable bonds is 5. The van der Waals surface area contributed by atoms with Crippen molar-refractivity contribution in [2.45, 2.75) is 31.4 Å². The van der Waals surface area contributed by atoms with Crippen LogP contribution in [0.15, 0.2) is 42.5 Å². The summed E-state index contributed by atoms with van der Waals surface area (Å²) >= 11 is 0. The van der Waals surface area contributed by atoms with Crippen molar-refractivity contribution >= 4 is 16.7 Å². The molecule has 1 aliphatic heterocycles. The van der Waals surface area contributed by atoms with Crippen molar-refractivity contribution in [2.24, 2.45) is 5.73 Å². The van der Waals surface area contributed by atoms with Gasteiger partial charge in [0, 0.05) is 6.54 Å². The van der Waals surface area contributed by atoms with Crippen LogP contribution in [-0.2, 0) is 11.2 Å². The van der Waals surface area contributed by atoms with Crippen molar-refractivity contribution in [1.29, 1.82) is 0 Å². The Morgan fingerprint density at radius 3 is 2.82 bits per heavy atom. The Bertz CT molecular complexity index is 666. The highest BCUT2D eigenvalue weighted by molar-refractivity contribution is 5.85. The molecule has 4 nitrogen and oxygen atoms in total. The number of hydrogen-bond donors (Lipinski definition) is 2. The second-order valence-corrected chi connectivity index (χ2v) is 6.04. The number of aliphatic hydroxyl groups excluding tert-OH is 1. The van der Waals surface area contributed by atoms with Crippen LogP contribution in [0.3, 0.4) is 0 Å². The van der Waals surface area contributed by atoms with Crippen molar-refractivity contribution in [1.82, 2.24) is 4.90 Å². The number of benzene rings is 2.